The highest BCUT2D eigenvalue weighted by molar-refractivity contribution is 5.82. The van der Waals surface area contributed by atoms with Crippen LogP contribution in [0.3, 0.4) is 0 Å². The van der Waals surface area contributed by atoms with Gasteiger partial charge in [-0.15, -0.1) is 0 Å². The van der Waals surface area contributed by atoms with E-state index in [0.717, 1.165) is 38.4 Å². The normalized spacial score (nSPS) is 35.5. The third kappa shape index (κ3) is 2.23. The molecule has 1 aliphatic carbocycles. The van der Waals surface area contributed by atoms with E-state index in [-0.39, 0.29) is 11.9 Å². The number of hydrogen-bond acceptors (Lipinski definition) is 3. The van der Waals surface area contributed by atoms with Crippen molar-refractivity contribution in [2.24, 2.45) is 0 Å². The van der Waals surface area contributed by atoms with Crippen molar-refractivity contribution >= 4 is 5.91 Å². The maximum atomic E-state index is 11.9. The van der Waals surface area contributed by atoms with E-state index in [1.807, 2.05) is 0 Å². The standard InChI is InChI=1S/C12H21N3O/c16-12(11-2-1-6-13-11)14-9-5-7-15(8-9)10-3-4-10/h9-11,13H,1-8H2,(H,14,16)/t9?,11-/m1/s1. The molecule has 2 saturated heterocycles. The fourth-order valence-corrected chi connectivity index (χ4v) is 2.89. The van der Waals surface area contributed by atoms with Gasteiger partial charge in [-0.05, 0) is 38.6 Å². The molecule has 0 aromatic rings. The van der Waals surface area contributed by atoms with Crippen LogP contribution < -0.4 is 10.6 Å². The molecule has 0 radical (unpaired) electrons. The summed E-state index contributed by atoms with van der Waals surface area (Å²) in [5.74, 6) is 0.222. The fourth-order valence-electron chi connectivity index (χ4n) is 2.89. The summed E-state index contributed by atoms with van der Waals surface area (Å²) < 4.78 is 0. The third-order valence-electron chi connectivity index (χ3n) is 4.01. The second-order valence-electron chi connectivity index (χ2n) is 5.37. The lowest BCUT2D eigenvalue weighted by Gasteiger charge is -2.18. The molecule has 1 saturated carbocycles. The molecule has 2 atom stereocenters. The molecule has 3 aliphatic rings. The molecule has 2 aliphatic heterocycles. The first kappa shape index (κ1) is 10.5. The highest BCUT2D eigenvalue weighted by Crippen LogP contribution is 2.29. The van der Waals surface area contributed by atoms with Gasteiger partial charge in [-0.25, -0.2) is 0 Å². The maximum absolute atomic E-state index is 11.9. The van der Waals surface area contributed by atoms with Crippen LogP contribution in [0.5, 0.6) is 0 Å². The number of carbonyl (C=O) groups is 1. The predicted octanol–water partition coefficient (Wildman–Crippen LogP) is 0.0913. The summed E-state index contributed by atoms with van der Waals surface area (Å²) in [5, 5.41) is 6.44. The number of likely N-dealkylation sites (tertiary alicyclic amines) is 1. The predicted molar refractivity (Wildman–Crippen MR) is 62.2 cm³/mol. The number of rotatable bonds is 3. The summed E-state index contributed by atoms with van der Waals surface area (Å²) in [6.07, 6.45) is 6.01. The SMILES string of the molecule is O=C(NC1CCN(C2CC2)C1)[C@H]1CCCN1. The first-order valence-electron chi connectivity index (χ1n) is 6.61. The molecule has 0 bridgehead atoms. The summed E-state index contributed by atoms with van der Waals surface area (Å²) in [7, 11) is 0. The zero-order valence-corrected chi connectivity index (χ0v) is 9.74. The summed E-state index contributed by atoms with van der Waals surface area (Å²) in [4.78, 5) is 14.4. The van der Waals surface area contributed by atoms with Gasteiger partial charge in [0.2, 0.25) is 5.91 Å². The summed E-state index contributed by atoms with van der Waals surface area (Å²) in [5.41, 5.74) is 0. The van der Waals surface area contributed by atoms with E-state index in [2.05, 4.69) is 15.5 Å². The molecule has 0 spiro atoms. The molecular weight excluding hydrogens is 202 g/mol. The van der Waals surface area contributed by atoms with Gasteiger partial charge in [-0.1, -0.05) is 0 Å². The molecule has 0 aromatic heterocycles. The lowest BCUT2D eigenvalue weighted by Crippen LogP contribution is -2.46. The van der Waals surface area contributed by atoms with Gasteiger partial charge in [0.25, 0.3) is 0 Å². The number of carbonyl (C=O) groups excluding carboxylic acids is 1. The fraction of sp³-hybridized carbons (Fsp3) is 0.917. The smallest absolute Gasteiger partial charge is 0.237 e. The lowest BCUT2D eigenvalue weighted by atomic mass is 10.2. The molecule has 1 amide bonds. The van der Waals surface area contributed by atoms with Crippen molar-refractivity contribution in [2.75, 3.05) is 19.6 Å². The lowest BCUT2D eigenvalue weighted by molar-refractivity contribution is -0.123. The Morgan fingerprint density at radius 1 is 1.25 bits per heavy atom. The van der Waals surface area contributed by atoms with E-state index < -0.39 is 0 Å². The summed E-state index contributed by atoms with van der Waals surface area (Å²) in [6, 6.07) is 1.32. The van der Waals surface area contributed by atoms with Crippen molar-refractivity contribution in [3.8, 4) is 0 Å². The van der Waals surface area contributed by atoms with Gasteiger partial charge >= 0.3 is 0 Å². The van der Waals surface area contributed by atoms with Gasteiger partial charge in [0.05, 0.1) is 6.04 Å². The van der Waals surface area contributed by atoms with Crippen LogP contribution in [0.15, 0.2) is 0 Å². The Balaban J connectivity index is 1.45. The molecule has 1 unspecified atom stereocenters. The third-order valence-corrected chi connectivity index (χ3v) is 4.01. The van der Waals surface area contributed by atoms with Crippen LogP contribution in [-0.4, -0.2) is 48.6 Å². The number of nitrogens with one attached hydrogen (secondary N) is 2. The molecule has 3 rings (SSSR count). The van der Waals surface area contributed by atoms with Crippen LogP contribution in [0, 0.1) is 0 Å². The molecule has 4 nitrogen and oxygen atoms in total. The van der Waals surface area contributed by atoms with Crippen molar-refractivity contribution < 1.29 is 4.79 Å². The molecule has 16 heavy (non-hydrogen) atoms. The van der Waals surface area contributed by atoms with E-state index in [1.165, 1.54) is 19.4 Å². The number of amides is 1. The van der Waals surface area contributed by atoms with Gasteiger partial charge in [-0.3, -0.25) is 9.69 Å². The van der Waals surface area contributed by atoms with Gasteiger partial charge in [0.15, 0.2) is 0 Å². The highest BCUT2D eigenvalue weighted by Gasteiger charge is 2.35. The second kappa shape index (κ2) is 4.34. The van der Waals surface area contributed by atoms with E-state index in [0.29, 0.717) is 6.04 Å². The minimum atomic E-state index is 0.0787. The van der Waals surface area contributed by atoms with Gasteiger partial charge in [-0.2, -0.15) is 0 Å². The first-order valence-corrected chi connectivity index (χ1v) is 6.61. The number of nitrogens with zero attached hydrogens (tertiary/aromatic N) is 1. The van der Waals surface area contributed by atoms with Crippen molar-refractivity contribution in [2.45, 2.75) is 50.2 Å². The van der Waals surface area contributed by atoms with Crippen molar-refractivity contribution in [1.82, 2.24) is 15.5 Å². The van der Waals surface area contributed by atoms with E-state index >= 15 is 0 Å². The summed E-state index contributed by atoms with van der Waals surface area (Å²) in [6.45, 7) is 3.24. The Kier molecular flexibility index (Phi) is 2.86. The zero-order valence-electron chi connectivity index (χ0n) is 9.74. The Labute approximate surface area is 96.8 Å². The minimum Gasteiger partial charge on any atom is -0.351 e. The number of hydrogen-bond donors (Lipinski definition) is 2. The Hall–Kier alpha value is -0.610. The topological polar surface area (TPSA) is 44.4 Å². The van der Waals surface area contributed by atoms with Gasteiger partial charge in [0.1, 0.15) is 0 Å². The van der Waals surface area contributed by atoms with Crippen LogP contribution in [0.25, 0.3) is 0 Å². The van der Waals surface area contributed by atoms with Crippen LogP contribution in [0.1, 0.15) is 32.1 Å². The van der Waals surface area contributed by atoms with Crippen LogP contribution in [0.2, 0.25) is 0 Å². The van der Waals surface area contributed by atoms with Crippen molar-refractivity contribution in [3.05, 3.63) is 0 Å². The Morgan fingerprint density at radius 3 is 2.81 bits per heavy atom. The van der Waals surface area contributed by atoms with Crippen LogP contribution >= 0.6 is 0 Å². The average molecular weight is 223 g/mol. The first-order chi connectivity index (χ1) is 7.83. The average Bonchev–Trinajstić information content (AvgIpc) is 2.82. The largest absolute Gasteiger partial charge is 0.351 e. The van der Waals surface area contributed by atoms with Crippen LogP contribution in [-0.2, 0) is 4.79 Å². The molecule has 3 fully saturated rings. The van der Waals surface area contributed by atoms with E-state index in [1.54, 1.807) is 0 Å². The molecular formula is C12H21N3O. The quantitative estimate of drug-likeness (QED) is 0.713. The zero-order chi connectivity index (χ0) is 11.0. The second-order valence-corrected chi connectivity index (χ2v) is 5.37. The van der Waals surface area contributed by atoms with E-state index in [9.17, 15) is 4.79 Å². The highest BCUT2D eigenvalue weighted by atomic mass is 16.2. The molecule has 4 heteroatoms. The Bertz CT molecular complexity index is 271. The molecule has 0 aromatic carbocycles. The molecule has 90 valence electrons. The molecule has 2 heterocycles. The van der Waals surface area contributed by atoms with E-state index in [4.69, 9.17) is 0 Å². The monoisotopic (exact) mass is 223 g/mol. The minimum absolute atomic E-state index is 0.0787. The summed E-state index contributed by atoms with van der Waals surface area (Å²) >= 11 is 0. The van der Waals surface area contributed by atoms with Gasteiger partial charge in [0, 0.05) is 25.2 Å². The maximum Gasteiger partial charge on any atom is 0.237 e. The van der Waals surface area contributed by atoms with Crippen molar-refractivity contribution in [3.63, 3.8) is 0 Å². The molecule has 2 N–H and O–H groups in total. The van der Waals surface area contributed by atoms with Crippen LogP contribution in [0.4, 0.5) is 0 Å². The van der Waals surface area contributed by atoms with Crippen molar-refractivity contribution in [1.29, 1.82) is 0 Å². The van der Waals surface area contributed by atoms with Gasteiger partial charge < -0.3 is 10.6 Å². The Morgan fingerprint density at radius 2 is 2.12 bits per heavy atom.